The minimum Gasteiger partial charge on any atom is -0.369 e. The highest BCUT2D eigenvalue weighted by molar-refractivity contribution is 5.89. The third-order valence-corrected chi connectivity index (χ3v) is 4.37. The molecule has 1 aliphatic heterocycles. The lowest BCUT2D eigenvalue weighted by molar-refractivity contribution is 0.301. The van der Waals surface area contributed by atoms with Crippen molar-refractivity contribution in [2.75, 3.05) is 25.5 Å². The zero-order valence-electron chi connectivity index (χ0n) is 13.1. The van der Waals surface area contributed by atoms with Crippen LogP contribution < -0.4 is 5.32 Å². The summed E-state index contributed by atoms with van der Waals surface area (Å²) in [6.07, 6.45) is 5.38. The Morgan fingerprint density at radius 3 is 2.95 bits per heavy atom. The van der Waals surface area contributed by atoms with Crippen LogP contribution >= 0.6 is 0 Å². The van der Waals surface area contributed by atoms with Crippen LogP contribution in [0.2, 0.25) is 0 Å². The van der Waals surface area contributed by atoms with E-state index in [0.717, 1.165) is 35.5 Å². The molecule has 1 aliphatic rings. The van der Waals surface area contributed by atoms with E-state index in [4.69, 9.17) is 0 Å². The van der Waals surface area contributed by atoms with Crippen molar-refractivity contribution in [3.8, 4) is 0 Å². The molecule has 1 N–H and O–H groups in total. The summed E-state index contributed by atoms with van der Waals surface area (Å²) in [5.74, 6) is 0.908. The van der Waals surface area contributed by atoms with Gasteiger partial charge in [0.25, 0.3) is 0 Å². The normalized spacial score (nSPS) is 19.3. The van der Waals surface area contributed by atoms with E-state index in [0.29, 0.717) is 6.04 Å². The number of likely N-dealkylation sites (tertiary alicyclic amines) is 1. The van der Waals surface area contributed by atoms with Crippen molar-refractivity contribution in [3.05, 3.63) is 23.7 Å². The summed E-state index contributed by atoms with van der Waals surface area (Å²) in [6.45, 7) is 6.26. The fraction of sp³-hybridized carbons (Fsp3) is 0.562. The number of rotatable bonds is 4. The van der Waals surface area contributed by atoms with Crippen molar-refractivity contribution in [2.45, 2.75) is 39.2 Å². The summed E-state index contributed by atoms with van der Waals surface area (Å²) < 4.78 is 0. The Labute approximate surface area is 125 Å². The summed E-state index contributed by atoms with van der Waals surface area (Å²) in [5, 5.41) is 4.52. The average Bonchev–Trinajstić information content (AvgIpc) is 2.84. The van der Waals surface area contributed by atoms with Crippen LogP contribution in [0.25, 0.3) is 11.0 Å². The lowest BCUT2D eigenvalue weighted by Gasteiger charge is -2.19. The number of nitrogens with one attached hydrogen (secondary N) is 1. The maximum absolute atomic E-state index is 4.50. The molecule has 0 saturated carbocycles. The Balaban J connectivity index is 1.75. The van der Waals surface area contributed by atoms with Crippen molar-refractivity contribution in [2.24, 2.45) is 0 Å². The van der Waals surface area contributed by atoms with Gasteiger partial charge in [0.1, 0.15) is 12.1 Å². The van der Waals surface area contributed by atoms with Crippen LogP contribution in [0, 0.1) is 13.8 Å². The van der Waals surface area contributed by atoms with Gasteiger partial charge in [0, 0.05) is 18.3 Å². The summed E-state index contributed by atoms with van der Waals surface area (Å²) in [7, 11) is 2.22. The Morgan fingerprint density at radius 2 is 2.19 bits per heavy atom. The van der Waals surface area contributed by atoms with E-state index in [2.05, 4.69) is 45.2 Å². The maximum Gasteiger partial charge on any atom is 0.165 e. The number of fused-ring (bicyclic) bond motifs is 1. The molecule has 0 spiro atoms. The second kappa shape index (κ2) is 5.93. The van der Waals surface area contributed by atoms with Crippen molar-refractivity contribution < 1.29 is 0 Å². The molecule has 1 saturated heterocycles. The molecule has 1 atom stereocenters. The van der Waals surface area contributed by atoms with E-state index in [1.54, 1.807) is 6.33 Å². The van der Waals surface area contributed by atoms with E-state index >= 15 is 0 Å². The average molecular weight is 285 g/mol. The molecule has 2 aromatic rings. The van der Waals surface area contributed by atoms with Crippen molar-refractivity contribution in [1.82, 2.24) is 19.9 Å². The van der Waals surface area contributed by atoms with Crippen LogP contribution in [0.1, 0.15) is 30.5 Å². The predicted molar refractivity (Wildman–Crippen MR) is 85.6 cm³/mol. The van der Waals surface area contributed by atoms with Crippen LogP contribution in [-0.4, -0.2) is 46.0 Å². The van der Waals surface area contributed by atoms with Gasteiger partial charge < -0.3 is 10.2 Å². The lowest BCUT2D eigenvalue weighted by atomic mass is 10.1. The third-order valence-electron chi connectivity index (χ3n) is 4.37. The zero-order valence-corrected chi connectivity index (χ0v) is 13.1. The van der Waals surface area contributed by atoms with Gasteiger partial charge in [-0.25, -0.2) is 15.0 Å². The molecule has 0 bridgehead atoms. The second-order valence-electron chi connectivity index (χ2n) is 5.99. The van der Waals surface area contributed by atoms with Crippen molar-refractivity contribution >= 4 is 16.9 Å². The van der Waals surface area contributed by atoms with Crippen LogP contribution in [0.5, 0.6) is 0 Å². The van der Waals surface area contributed by atoms with Crippen LogP contribution in [0.4, 0.5) is 5.82 Å². The largest absolute Gasteiger partial charge is 0.369 e. The van der Waals surface area contributed by atoms with Gasteiger partial charge in [-0.2, -0.15) is 0 Å². The Morgan fingerprint density at radius 1 is 1.33 bits per heavy atom. The van der Waals surface area contributed by atoms with E-state index in [-0.39, 0.29) is 0 Å². The molecule has 0 amide bonds. The van der Waals surface area contributed by atoms with Gasteiger partial charge in [0.15, 0.2) is 5.65 Å². The summed E-state index contributed by atoms with van der Waals surface area (Å²) in [4.78, 5) is 15.6. The molecule has 21 heavy (non-hydrogen) atoms. The molecule has 3 heterocycles. The Hall–Kier alpha value is -1.75. The van der Waals surface area contributed by atoms with E-state index in [1.165, 1.54) is 24.9 Å². The fourth-order valence-corrected chi connectivity index (χ4v) is 3.24. The Bertz CT molecular complexity index is 640. The molecular weight excluding hydrogens is 262 g/mol. The molecular formula is C16H23N5. The number of pyridine rings is 1. The molecule has 5 heteroatoms. The highest BCUT2D eigenvalue weighted by atomic mass is 15.1. The smallest absolute Gasteiger partial charge is 0.165 e. The number of aryl methyl sites for hydroxylation is 2. The number of aromatic nitrogens is 3. The van der Waals surface area contributed by atoms with Gasteiger partial charge in [-0.15, -0.1) is 0 Å². The first kappa shape index (κ1) is 14.2. The summed E-state index contributed by atoms with van der Waals surface area (Å²) >= 11 is 0. The topological polar surface area (TPSA) is 53.9 Å². The van der Waals surface area contributed by atoms with Crippen LogP contribution in [0.15, 0.2) is 12.4 Å². The molecule has 112 valence electrons. The fourth-order valence-electron chi connectivity index (χ4n) is 3.24. The first-order valence-corrected chi connectivity index (χ1v) is 7.68. The number of hydrogen-bond acceptors (Lipinski definition) is 5. The first-order valence-electron chi connectivity index (χ1n) is 7.68. The van der Waals surface area contributed by atoms with E-state index < -0.39 is 0 Å². The van der Waals surface area contributed by atoms with Gasteiger partial charge in [-0.05, 0) is 58.3 Å². The summed E-state index contributed by atoms with van der Waals surface area (Å²) in [6, 6.07) is 2.79. The second-order valence-corrected chi connectivity index (χ2v) is 5.99. The first-order chi connectivity index (χ1) is 10.1. The minimum atomic E-state index is 0.701. The van der Waals surface area contributed by atoms with Gasteiger partial charge in [0.05, 0.1) is 5.39 Å². The number of hydrogen-bond donors (Lipinski definition) is 1. The molecule has 0 aromatic carbocycles. The minimum absolute atomic E-state index is 0.701. The van der Waals surface area contributed by atoms with Gasteiger partial charge in [-0.3, -0.25) is 0 Å². The predicted octanol–water partition coefficient (Wildman–Crippen LogP) is 2.54. The molecule has 0 aliphatic carbocycles. The highest BCUT2D eigenvalue weighted by Crippen LogP contribution is 2.23. The standard InChI is InChI=1S/C16H23N5/c1-11-9-12(2)20-16-14(11)15(18-10-19-16)17-7-6-13-5-4-8-21(13)3/h9-10,13H,4-8H2,1-3H3,(H,17,18,19,20). The molecule has 1 unspecified atom stereocenters. The molecule has 5 nitrogen and oxygen atoms in total. The van der Waals surface area contributed by atoms with Crippen molar-refractivity contribution in [3.63, 3.8) is 0 Å². The lowest BCUT2D eigenvalue weighted by Crippen LogP contribution is -2.27. The van der Waals surface area contributed by atoms with E-state index in [1.807, 2.05) is 6.92 Å². The monoisotopic (exact) mass is 285 g/mol. The van der Waals surface area contributed by atoms with Crippen molar-refractivity contribution in [1.29, 1.82) is 0 Å². The number of nitrogens with zero attached hydrogens (tertiary/aromatic N) is 4. The molecule has 2 aromatic heterocycles. The molecule has 1 fully saturated rings. The zero-order chi connectivity index (χ0) is 14.8. The third kappa shape index (κ3) is 2.97. The van der Waals surface area contributed by atoms with Gasteiger partial charge >= 0.3 is 0 Å². The van der Waals surface area contributed by atoms with Crippen LogP contribution in [-0.2, 0) is 0 Å². The van der Waals surface area contributed by atoms with Crippen LogP contribution in [0.3, 0.4) is 0 Å². The summed E-state index contributed by atoms with van der Waals surface area (Å²) in [5.41, 5.74) is 2.96. The Kier molecular flexibility index (Phi) is 4.01. The maximum atomic E-state index is 4.50. The SMILES string of the molecule is Cc1cc(C)c2c(NCCC3CCCN3C)ncnc2n1. The quantitative estimate of drug-likeness (QED) is 0.935. The van der Waals surface area contributed by atoms with Gasteiger partial charge in [-0.1, -0.05) is 0 Å². The molecule has 3 rings (SSSR count). The highest BCUT2D eigenvalue weighted by Gasteiger charge is 2.20. The molecule has 0 radical (unpaired) electrons. The van der Waals surface area contributed by atoms with E-state index in [9.17, 15) is 0 Å². The number of anilines is 1. The van der Waals surface area contributed by atoms with Gasteiger partial charge in [0.2, 0.25) is 0 Å².